The van der Waals surface area contributed by atoms with E-state index in [1.165, 1.54) is 17.7 Å². The number of pyridine rings is 1. The number of aromatic nitrogens is 4. The van der Waals surface area contributed by atoms with E-state index in [9.17, 15) is 4.79 Å². The van der Waals surface area contributed by atoms with Crippen LogP contribution in [0.3, 0.4) is 0 Å². The van der Waals surface area contributed by atoms with Crippen LogP contribution in [0.2, 0.25) is 0 Å². The van der Waals surface area contributed by atoms with Crippen LogP contribution in [0.15, 0.2) is 36.8 Å². The van der Waals surface area contributed by atoms with Gasteiger partial charge in [-0.2, -0.15) is 0 Å². The summed E-state index contributed by atoms with van der Waals surface area (Å²) in [5.74, 6) is 0.859. The quantitative estimate of drug-likeness (QED) is 0.567. The van der Waals surface area contributed by atoms with E-state index < -0.39 is 5.60 Å². The number of piperazine rings is 1. The van der Waals surface area contributed by atoms with Crippen LogP contribution in [0.5, 0.6) is 0 Å². The second-order valence-electron chi connectivity index (χ2n) is 10.5. The summed E-state index contributed by atoms with van der Waals surface area (Å²) < 4.78 is 7.60. The Morgan fingerprint density at radius 2 is 1.94 bits per heavy atom. The zero-order valence-corrected chi connectivity index (χ0v) is 21.1. The topological polar surface area (TPSA) is 79.1 Å². The number of nitrogens with zero attached hydrogens (tertiary/aromatic N) is 7. The highest BCUT2D eigenvalue weighted by atomic mass is 16.6. The molecule has 1 aliphatic carbocycles. The fourth-order valence-electron chi connectivity index (χ4n) is 5.06. The second-order valence-corrected chi connectivity index (χ2v) is 10.5. The monoisotopic (exact) mass is 477 g/mol. The number of carbonyl (C=O) groups is 1. The molecule has 5 rings (SSSR count). The molecule has 1 fully saturated rings. The summed E-state index contributed by atoms with van der Waals surface area (Å²) in [7, 11) is 2.16. The molecule has 186 valence electrons. The van der Waals surface area contributed by atoms with Gasteiger partial charge in [0.1, 0.15) is 11.2 Å². The van der Waals surface area contributed by atoms with Crippen molar-refractivity contribution in [3.05, 3.63) is 53.7 Å². The number of hydrogen-bond donors (Lipinski definition) is 0. The first-order valence-corrected chi connectivity index (χ1v) is 12.5. The van der Waals surface area contributed by atoms with Gasteiger partial charge in [0.15, 0.2) is 0 Å². The van der Waals surface area contributed by atoms with Crippen LogP contribution in [0.1, 0.15) is 56.6 Å². The fraction of sp³-hybridized carbons (Fsp3) is 0.538. The Labute approximate surface area is 206 Å². The van der Waals surface area contributed by atoms with Crippen molar-refractivity contribution in [1.29, 1.82) is 0 Å². The number of hydrogen-bond acceptors (Lipinski definition) is 7. The Bertz CT molecular complexity index is 1190. The van der Waals surface area contributed by atoms with Gasteiger partial charge >= 0.3 is 6.09 Å². The first kappa shape index (κ1) is 23.5. The first-order valence-electron chi connectivity index (χ1n) is 12.5. The Balaban J connectivity index is 1.29. The minimum Gasteiger partial charge on any atom is -0.444 e. The van der Waals surface area contributed by atoms with E-state index in [0.717, 1.165) is 36.7 Å². The average Bonchev–Trinajstić information content (AvgIpc) is 3.25. The molecular formula is C26H35N7O2. The zero-order valence-electron chi connectivity index (χ0n) is 21.1. The van der Waals surface area contributed by atoms with E-state index >= 15 is 0 Å². The van der Waals surface area contributed by atoms with Gasteiger partial charge in [0, 0.05) is 51.3 Å². The third-order valence-electron chi connectivity index (χ3n) is 6.74. The van der Waals surface area contributed by atoms with Crippen LogP contribution >= 0.6 is 0 Å². The van der Waals surface area contributed by atoms with Crippen LogP contribution < -0.4 is 4.90 Å². The summed E-state index contributed by atoms with van der Waals surface area (Å²) in [5, 5.41) is 0. The predicted molar refractivity (Wildman–Crippen MR) is 134 cm³/mol. The van der Waals surface area contributed by atoms with Crippen molar-refractivity contribution in [2.45, 2.75) is 58.2 Å². The molecule has 1 atom stereocenters. The minimum absolute atomic E-state index is 0.255. The highest BCUT2D eigenvalue weighted by molar-refractivity contribution is 5.68. The van der Waals surface area contributed by atoms with Crippen molar-refractivity contribution in [3.63, 3.8) is 0 Å². The third kappa shape index (κ3) is 5.10. The van der Waals surface area contributed by atoms with E-state index in [0.29, 0.717) is 32.2 Å². The van der Waals surface area contributed by atoms with E-state index in [1.54, 1.807) is 4.90 Å². The van der Waals surface area contributed by atoms with Gasteiger partial charge in [-0.25, -0.2) is 14.8 Å². The molecule has 4 heterocycles. The minimum atomic E-state index is -0.489. The van der Waals surface area contributed by atoms with Crippen molar-refractivity contribution in [2.75, 3.05) is 38.1 Å². The lowest BCUT2D eigenvalue weighted by Crippen LogP contribution is -2.50. The van der Waals surface area contributed by atoms with Gasteiger partial charge in [-0.15, -0.1) is 0 Å². The van der Waals surface area contributed by atoms with Crippen molar-refractivity contribution in [2.24, 2.45) is 0 Å². The first-order chi connectivity index (χ1) is 16.8. The number of fused-ring (bicyclic) bond motifs is 2. The van der Waals surface area contributed by atoms with Crippen molar-refractivity contribution >= 4 is 17.7 Å². The van der Waals surface area contributed by atoms with Crippen LogP contribution in [-0.4, -0.2) is 74.1 Å². The largest absolute Gasteiger partial charge is 0.444 e. The molecule has 35 heavy (non-hydrogen) atoms. The molecular weight excluding hydrogens is 442 g/mol. The molecule has 0 radical (unpaired) electrons. The van der Waals surface area contributed by atoms with Crippen molar-refractivity contribution < 1.29 is 9.53 Å². The summed E-state index contributed by atoms with van der Waals surface area (Å²) in [6.07, 6.45) is 8.96. The Kier molecular flexibility index (Phi) is 6.35. The molecule has 3 aromatic heterocycles. The Morgan fingerprint density at radius 3 is 2.71 bits per heavy atom. The fourth-order valence-corrected chi connectivity index (χ4v) is 5.06. The van der Waals surface area contributed by atoms with E-state index in [4.69, 9.17) is 14.7 Å². The summed E-state index contributed by atoms with van der Waals surface area (Å²) in [6.45, 7) is 9.02. The molecule has 9 nitrogen and oxygen atoms in total. The highest BCUT2D eigenvalue weighted by Crippen LogP contribution is 2.32. The number of anilines is 1. The molecule has 9 heteroatoms. The van der Waals surface area contributed by atoms with Gasteiger partial charge in [0.25, 0.3) is 0 Å². The van der Waals surface area contributed by atoms with Gasteiger partial charge in [-0.3, -0.25) is 14.3 Å². The summed E-state index contributed by atoms with van der Waals surface area (Å²) in [6, 6.07) is 6.49. The van der Waals surface area contributed by atoms with Gasteiger partial charge < -0.3 is 14.5 Å². The lowest BCUT2D eigenvalue weighted by molar-refractivity contribution is 0.0240. The van der Waals surface area contributed by atoms with E-state index in [1.807, 2.05) is 45.3 Å². The third-order valence-corrected chi connectivity index (χ3v) is 6.74. The van der Waals surface area contributed by atoms with E-state index in [-0.39, 0.29) is 6.09 Å². The SMILES string of the molecule is CN(Cc1cn2c(N3CCN(C(=O)OC(C)(C)C)CC3)nccc2n1)[C@H]1CCCc2cccnc21. The maximum Gasteiger partial charge on any atom is 0.410 e. The van der Waals surface area contributed by atoms with Crippen molar-refractivity contribution in [1.82, 2.24) is 29.2 Å². The average molecular weight is 478 g/mol. The van der Waals surface area contributed by atoms with E-state index in [2.05, 4.69) is 38.5 Å². The lowest BCUT2D eigenvalue weighted by Gasteiger charge is -2.36. The summed E-state index contributed by atoms with van der Waals surface area (Å²) in [4.78, 5) is 33.0. The molecule has 0 unspecified atom stereocenters. The second kappa shape index (κ2) is 9.45. The molecule has 1 aliphatic heterocycles. The Hall–Kier alpha value is -3.20. The number of carbonyl (C=O) groups excluding carboxylic acids is 1. The zero-order chi connectivity index (χ0) is 24.6. The van der Waals surface area contributed by atoms with Crippen LogP contribution in [0.4, 0.5) is 10.7 Å². The van der Waals surface area contributed by atoms with Crippen LogP contribution in [0.25, 0.3) is 5.65 Å². The molecule has 0 aromatic carbocycles. The number of aryl methyl sites for hydroxylation is 1. The standard InChI is InChI=1S/C26H35N7O2/c1-26(2,3)35-25(34)32-15-13-31(14-16-32)24-28-12-10-22-29-20(18-33(22)24)17-30(4)21-9-5-7-19-8-6-11-27-23(19)21/h6,8,10-12,18,21H,5,7,9,13-17H2,1-4H3/t21-/m0/s1. The number of rotatable bonds is 4. The Morgan fingerprint density at radius 1 is 1.14 bits per heavy atom. The van der Waals surface area contributed by atoms with Gasteiger partial charge in [0.05, 0.1) is 17.4 Å². The molecule has 3 aromatic rings. The predicted octanol–water partition coefficient (Wildman–Crippen LogP) is 3.69. The summed E-state index contributed by atoms with van der Waals surface area (Å²) in [5.41, 5.74) is 3.97. The molecule has 1 saturated heterocycles. The van der Waals surface area contributed by atoms with Gasteiger partial charge in [0.2, 0.25) is 5.95 Å². The molecule has 0 bridgehead atoms. The highest BCUT2D eigenvalue weighted by Gasteiger charge is 2.28. The van der Waals surface area contributed by atoms with Gasteiger partial charge in [-0.05, 0) is 64.8 Å². The molecule has 0 saturated carbocycles. The smallest absolute Gasteiger partial charge is 0.410 e. The molecule has 0 spiro atoms. The molecule has 0 N–H and O–H groups in total. The number of ether oxygens (including phenoxy) is 1. The lowest BCUT2D eigenvalue weighted by atomic mass is 9.91. The van der Waals surface area contributed by atoms with Crippen LogP contribution in [-0.2, 0) is 17.7 Å². The normalized spacial score (nSPS) is 18.7. The maximum absolute atomic E-state index is 12.4. The number of imidazole rings is 1. The van der Waals surface area contributed by atoms with Crippen molar-refractivity contribution in [3.8, 4) is 0 Å². The maximum atomic E-state index is 12.4. The van der Waals surface area contributed by atoms with Gasteiger partial charge in [-0.1, -0.05) is 6.07 Å². The van der Waals surface area contributed by atoms with Crippen LogP contribution in [0, 0.1) is 0 Å². The number of amides is 1. The molecule has 1 amide bonds. The summed E-state index contributed by atoms with van der Waals surface area (Å²) >= 11 is 0. The molecule has 2 aliphatic rings.